The minimum atomic E-state index is -0.400. The molecule has 0 radical (unpaired) electrons. The van der Waals surface area contributed by atoms with E-state index in [4.69, 9.17) is 23.7 Å². The minimum absolute atomic E-state index is 0.259. The van der Waals surface area contributed by atoms with Crippen LogP contribution in [-0.2, 0) is 20.8 Å². The lowest BCUT2D eigenvalue weighted by Gasteiger charge is -2.08. The van der Waals surface area contributed by atoms with Gasteiger partial charge in [-0.1, -0.05) is 12.1 Å². The second-order valence-corrected chi connectivity index (χ2v) is 6.62. The Kier molecular flexibility index (Phi) is 5.67. The Balaban J connectivity index is 1.23. The first-order chi connectivity index (χ1) is 13.3. The lowest BCUT2D eigenvalue weighted by molar-refractivity contribution is 0.0734. The molecule has 0 spiro atoms. The summed E-state index contributed by atoms with van der Waals surface area (Å²) < 4.78 is 26.8. The Bertz CT molecular complexity index is 747. The number of epoxide rings is 2. The third-order valence-electron chi connectivity index (χ3n) is 4.31. The highest BCUT2D eigenvalue weighted by molar-refractivity contribution is 5.91. The van der Waals surface area contributed by atoms with Crippen molar-refractivity contribution >= 4 is 5.97 Å². The summed E-state index contributed by atoms with van der Waals surface area (Å²) in [5.41, 5.74) is 1.50. The molecule has 142 valence electrons. The van der Waals surface area contributed by atoms with E-state index >= 15 is 0 Å². The van der Waals surface area contributed by atoms with Crippen molar-refractivity contribution in [1.29, 1.82) is 0 Å². The van der Waals surface area contributed by atoms with E-state index in [1.165, 1.54) is 0 Å². The number of hydrogen-bond donors (Lipinski definition) is 0. The summed E-state index contributed by atoms with van der Waals surface area (Å²) in [5.74, 6) is 0.829. The van der Waals surface area contributed by atoms with Gasteiger partial charge in [-0.05, 0) is 42.0 Å². The SMILES string of the molecule is O=C(Oc1ccc(COCC2CO2)cc1)c1ccc(OCCC2CO2)cc1. The molecule has 27 heavy (non-hydrogen) atoms. The van der Waals surface area contributed by atoms with Crippen molar-refractivity contribution in [3.8, 4) is 11.5 Å². The van der Waals surface area contributed by atoms with Gasteiger partial charge in [0.25, 0.3) is 0 Å². The van der Waals surface area contributed by atoms with E-state index in [1.54, 1.807) is 36.4 Å². The van der Waals surface area contributed by atoms with Gasteiger partial charge in [-0.3, -0.25) is 0 Å². The van der Waals surface area contributed by atoms with E-state index in [-0.39, 0.29) is 6.10 Å². The molecule has 6 heteroatoms. The molecule has 2 fully saturated rings. The van der Waals surface area contributed by atoms with E-state index < -0.39 is 5.97 Å². The van der Waals surface area contributed by atoms with Gasteiger partial charge in [-0.15, -0.1) is 0 Å². The van der Waals surface area contributed by atoms with Gasteiger partial charge in [0.05, 0.1) is 44.7 Å². The van der Waals surface area contributed by atoms with Crippen molar-refractivity contribution in [3.05, 3.63) is 59.7 Å². The van der Waals surface area contributed by atoms with Gasteiger partial charge >= 0.3 is 5.97 Å². The fraction of sp³-hybridized carbons (Fsp3) is 0.381. The molecular weight excluding hydrogens is 348 g/mol. The van der Waals surface area contributed by atoms with Crippen molar-refractivity contribution in [1.82, 2.24) is 0 Å². The molecule has 2 aliphatic rings. The number of hydrogen-bond acceptors (Lipinski definition) is 6. The second-order valence-electron chi connectivity index (χ2n) is 6.62. The monoisotopic (exact) mass is 370 g/mol. The van der Waals surface area contributed by atoms with Crippen LogP contribution in [0.3, 0.4) is 0 Å². The van der Waals surface area contributed by atoms with E-state index in [2.05, 4.69) is 0 Å². The minimum Gasteiger partial charge on any atom is -0.493 e. The Morgan fingerprint density at radius 1 is 0.926 bits per heavy atom. The highest BCUT2D eigenvalue weighted by Crippen LogP contribution is 2.19. The number of esters is 1. The first kappa shape index (κ1) is 18.0. The number of carbonyl (C=O) groups is 1. The van der Waals surface area contributed by atoms with Crippen molar-refractivity contribution in [2.45, 2.75) is 25.2 Å². The Labute approximate surface area is 157 Å². The van der Waals surface area contributed by atoms with Gasteiger partial charge in [0.2, 0.25) is 0 Å². The van der Waals surface area contributed by atoms with Gasteiger partial charge in [-0.25, -0.2) is 4.79 Å². The quantitative estimate of drug-likeness (QED) is 0.364. The maximum atomic E-state index is 12.3. The summed E-state index contributed by atoms with van der Waals surface area (Å²) >= 11 is 0. The molecule has 4 rings (SSSR count). The summed E-state index contributed by atoms with van der Waals surface area (Å²) in [6, 6.07) is 14.3. The van der Waals surface area contributed by atoms with Crippen LogP contribution in [-0.4, -0.2) is 44.6 Å². The van der Waals surface area contributed by atoms with Gasteiger partial charge in [-0.2, -0.15) is 0 Å². The maximum absolute atomic E-state index is 12.3. The fourth-order valence-electron chi connectivity index (χ4n) is 2.52. The zero-order valence-electron chi connectivity index (χ0n) is 15.0. The highest BCUT2D eigenvalue weighted by Gasteiger charge is 2.22. The van der Waals surface area contributed by atoms with Gasteiger partial charge in [0.15, 0.2) is 0 Å². The molecular formula is C21H22O6. The largest absolute Gasteiger partial charge is 0.493 e. The highest BCUT2D eigenvalue weighted by atomic mass is 16.6. The van der Waals surface area contributed by atoms with Crippen LogP contribution in [0.15, 0.2) is 48.5 Å². The molecule has 2 aromatic rings. The van der Waals surface area contributed by atoms with Crippen molar-refractivity contribution in [2.75, 3.05) is 26.4 Å². The van der Waals surface area contributed by atoms with E-state index in [0.717, 1.165) is 30.9 Å². The van der Waals surface area contributed by atoms with Crippen LogP contribution in [0.25, 0.3) is 0 Å². The zero-order valence-corrected chi connectivity index (χ0v) is 15.0. The third-order valence-corrected chi connectivity index (χ3v) is 4.31. The molecule has 0 aliphatic carbocycles. The summed E-state index contributed by atoms with van der Waals surface area (Å²) in [4.78, 5) is 12.3. The molecule has 6 nitrogen and oxygen atoms in total. The lowest BCUT2D eigenvalue weighted by atomic mass is 10.2. The number of benzene rings is 2. The van der Waals surface area contributed by atoms with E-state index in [9.17, 15) is 4.79 Å². The molecule has 0 amide bonds. The Morgan fingerprint density at radius 3 is 2.26 bits per heavy atom. The van der Waals surface area contributed by atoms with Crippen LogP contribution in [0.1, 0.15) is 22.3 Å². The predicted octanol–water partition coefficient (Wildman–Crippen LogP) is 2.99. The van der Waals surface area contributed by atoms with Crippen molar-refractivity contribution in [2.24, 2.45) is 0 Å². The molecule has 2 aliphatic heterocycles. The third kappa shape index (κ3) is 5.79. The molecule has 2 aromatic carbocycles. The average Bonchev–Trinajstić information content (AvgIpc) is 3.59. The summed E-state index contributed by atoms with van der Waals surface area (Å²) in [7, 11) is 0. The summed E-state index contributed by atoms with van der Waals surface area (Å²) in [6.07, 6.45) is 1.50. The molecule has 2 atom stereocenters. The summed E-state index contributed by atoms with van der Waals surface area (Å²) in [6.45, 7) is 3.36. The van der Waals surface area contributed by atoms with E-state index in [0.29, 0.717) is 37.2 Å². The number of carbonyl (C=O) groups excluding carboxylic acids is 1. The van der Waals surface area contributed by atoms with Crippen molar-refractivity contribution in [3.63, 3.8) is 0 Å². The predicted molar refractivity (Wildman–Crippen MR) is 97.1 cm³/mol. The summed E-state index contributed by atoms with van der Waals surface area (Å²) in [5, 5.41) is 0. The molecule has 2 saturated heterocycles. The van der Waals surface area contributed by atoms with Gasteiger partial charge in [0.1, 0.15) is 17.6 Å². The number of rotatable bonds is 10. The molecule has 0 bridgehead atoms. The van der Waals surface area contributed by atoms with Crippen LogP contribution >= 0.6 is 0 Å². The topological polar surface area (TPSA) is 69.8 Å². The molecule has 2 unspecified atom stereocenters. The maximum Gasteiger partial charge on any atom is 0.343 e. The standard InChI is InChI=1S/C21H22O6/c22-21(16-3-7-17(8-4-16)24-10-9-19-13-25-19)27-18-5-1-15(2-6-18)11-23-12-20-14-26-20/h1-8,19-20H,9-14H2. The first-order valence-corrected chi connectivity index (χ1v) is 9.11. The normalized spacial score (nSPS) is 20.1. The Morgan fingerprint density at radius 2 is 1.59 bits per heavy atom. The fourth-order valence-corrected chi connectivity index (χ4v) is 2.52. The number of ether oxygens (including phenoxy) is 5. The Hall–Kier alpha value is -2.41. The molecule has 0 N–H and O–H groups in total. The van der Waals surface area contributed by atoms with Crippen molar-refractivity contribution < 1.29 is 28.5 Å². The van der Waals surface area contributed by atoms with E-state index in [1.807, 2.05) is 12.1 Å². The smallest absolute Gasteiger partial charge is 0.343 e. The average molecular weight is 370 g/mol. The van der Waals surface area contributed by atoms with Crippen LogP contribution in [0.5, 0.6) is 11.5 Å². The molecule has 0 saturated carbocycles. The van der Waals surface area contributed by atoms with Crippen LogP contribution in [0, 0.1) is 0 Å². The van der Waals surface area contributed by atoms with Crippen LogP contribution in [0.4, 0.5) is 0 Å². The van der Waals surface area contributed by atoms with Crippen LogP contribution in [0.2, 0.25) is 0 Å². The van der Waals surface area contributed by atoms with Crippen LogP contribution < -0.4 is 9.47 Å². The molecule has 0 aromatic heterocycles. The van der Waals surface area contributed by atoms with Gasteiger partial charge < -0.3 is 23.7 Å². The second kappa shape index (κ2) is 8.52. The first-order valence-electron chi connectivity index (χ1n) is 9.11. The lowest BCUT2D eigenvalue weighted by Crippen LogP contribution is -2.08. The van der Waals surface area contributed by atoms with Gasteiger partial charge in [0, 0.05) is 6.42 Å². The zero-order chi connectivity index (χ0) is 18.5. The molecule has 2 heterocycles.